The summed E-state index contributed by atoms with van der Waals surface area (Å²) in [4.78, 5) is 27.9. The van der Waals surface area contributed by atoms with E-state index in [0.717, 1.165) is 12.8 Å². The van der Waals surface area contributed by atoms with Gasteiger partial charge in [-0.3, -0.25) is 9.78 Å². The zero-order valence-electron chi connectivity index (χ0n) is 6.91. The Morgan fingerprint density at radius 3 is 2.85 bits per heavy atom. The molecular weight excluding hydrogens is 170 g/mol. The van der Waals surface area contributed by atoms with Crippen molar-refractivity contribution in [3.8, 4) is 0 Å². The molecule has 0 amide bonds. The van der Waals surface area contributed by atoms with E-state index in [1.807, 2.05) is 0 Å². The van der Waals surface area contributed by atoms with Crippen molar-refractivity contribution in [1.82, 2.24) is 9.97 Å². The van der Waals surface area contributed by atoms with Crippen molar-refractivity contribution >= 4 is 11.6 Å². The molecule has 1 heterocycles. The summed E-state index contributed by atoms with van der Waals surface area (Å²) in [7, 11) is 0. The van der Waals surface area contributed by atoms with Gasteiger partial charge in [0.2, 0.25) is 0 Å². The van der Waals surface area contributed by atoms with Crippen LogP contribution in [0.3, 0.4) is 0 Å². The fourth-order valence-electron chi connectivity index (χ4n) is 1.17. The van der Waals surface area contributed by atoms with Gasteiger partial charge in [-0.25, -0.2) is 9.78 Å². The van der Waals surface area contributed by atoms with Gasteiger partial charge in [-0.15, -0.1) is 0 Å². The number of hydrogen-bond donors (Lipinski definition) is 2. The lowest BCUT2D eigenvalue weighted by Gasteiger charge is -2.00. The Bertz CT molecular complexity index is 406. The summed E-state index contributed by atoms with van der Waals surface area (Å²) in [6.45, 7) is 0. The third kappa shape index (κ3) is 1.44. The summed E-state index contributed by atoms with van der Waals surface area (Å²) in [6.07, 6.45) is 3.07. The third-order valence-corrected chi connectivity index (χ3v) is 2.06. The van der Waals surface area contributed by atoms with Crippen LogP contribution in [0.2, 0.25) is 0 Å². The molecule has 0 spiro atoms. The molecule has 1 aliphatic carbocycles. The molecule has 68 valence electrons. The number of anilines is 1. The average molecular weight is 179 g/mol. The number of Topliss-reactive ketones (excluding diaryl/α,β-unsaturated/α-hetero) is 1. The van der Waals surface area contributed by atoms with Crippen LogP contribution < -0.4 is 11.4 Å². The highest BCUT2D eigenvalue weighted by atomic mass is 16.1. The van der Waals surface area contributed by atoms with Crippen LogP contribution >= 0.6 is 0 Å². The first kappa shape index (κ1) is 7.97. The maximum Gasteiger partial charge on any atom is 0.346 e. The molecule has 13 heavy (non-hydrogen) atoms. The van der Waals surface area contributed by atoms with Crippen molar-refractivity contribution in [2.75, 3.05) is 5.73 Å². The molecule has 0 atom stereocenters. The van der Waals surface area contributed by atoms with Crippen molar-refractivity contribution in [3.05, 3.63) is 22.2 Å². The minimum absolute atomic E-state index is 0.0127. The number of H-pyrrole nitrogens is 1. The molecular formula is C8H9N3O2. The van der Waals surface area contributed by atoms with Crippen molar-refractivity contribution in [1.29, 1.82) is 0 Å². The van der Waals surface area contributed by atoms with E-state index in [-0.39, 0.29) is 17.5 Å². The second kappa shape index (κ2) is 2.69. The molecule has 0 saturated heterocycles. The standard InChI is InChI=1S/C8H9N3O2/c9-7-5(3-10-8(13)11-7)6(12)4-1-2-4/h3-4H,1-2H2,(H3,9,10,11,13). The SMILES string of the molecule is Nc1[nH]c(=O)ncc1C(=O)C1CC1. The van der Waals surface area contributed by atoms with E-state index in [0.29, 0.717) is 5.56 Å². The molecule has 3 N–H and O–H groups in total. The molecule has 0 aromatic carbocycles. The van der Waals surface area contributed by atoms with Gasteiger partial charge in [0.15, 0.2) is 5.78 Å². The van der Waals surface area contributed by atoms with E-state index in [1.54, 1.807) is 0 Å². The van der Waals surface area contributed by atoms with Crippen molar-refractivity contribution < 1.29 is 4.79 Å². The van der Waals surface area contributed by atoms with Crippen LogP contribution in [-0.2, 0) is 0 Å². The van der Waals surface area contributed by atoms with Crippen LogP contribution in [0.5, 0.6) is 0 Å². The lowest BCUT2D eigenvalue weighted by Crippen LogP contribution is -2.17. The number of carbonyl (C=O) groups is 1. The fraction of sp³-hybridized carbons (Fsp3) is 0.375. The monoisotopic (exact) mass is 179 g/mol. The molecule has 1 aromatic rings. The highest BCUT2D eigenvalue weighted by molar-refractivity contribution is 6.02. The van der Waals surface area contributed by atoms with Crippen molar-refractivity contribution in [2.24, 2.45) is 5.92 Å². The minimum atomic E-state index is -0.523. The summed E-state index contributed by atoms with van der Waals surface area (Å²) >= 11 is 0. The Balaban J connectivity index is 2.39. The second-order valence-electron chi connectivity index (χ2n) is 3.15. The normalized spacial score (nSPS) is 15.7. The summed E-state index contributed by atoms with van der Waals surface area (Å²) in [5.74, 6) is 0.202. The Labute approximate surface area is 74.0 Å². The molecule has 2 rings (SSSR count). The quantitative estimate of drug-likeness (QED) is 0.622. The van der Waals surface area contributed by atoms with Gasteiger partial charge in [-0.2, -0.15) is 0 Å². The van der Waals surface area contributed by atoms with Gasteiger partial charge in [0.25, 0.3) is 0 Å². The number of ketones is 1. The average Bonchev–Trinajstić information content (AvgIpc) is 2.85. The van der Waals surface area contributed by atoms with Gasteiger partial charge >= 0.3 is 5.69 Å². The smallest absolute Gasteiger partial charge is 0.346 e. The summed E-state index contributed by atoms with van der Waals surface area (Å²) < 4.78 is 0. The Morgan fingerprint density at radius 2 is 2.31 bits per heavy atom. The third-order valence-electron chi connectivity index (χ3n) is 2.06. The summed E-state index contributed by atoms with van der Waals surface area (Å²) in [6, 6.07) is 0. The van der Waals surface area contributed by atoms with Crippen LogP contribution in [0.15, 0.2) is 11.0 Å². The molecule has 0 unspecified atom stereocenters. The first-order chi connectivity index (χ1) is 6.18. The maximum absolute atomic E-state index is 11.5. The van der Waals surface area contributed by atoms with Gasteiger partial charge in [0.1, 0.15) is 5.82 Å². The van der Waals surface area contributed by atoms with Crippen LogP contribution in [0.4, 0.5) is 5.82 Å². The minimum Gasteiger partial charge on any atom is -0.384 e. The number of hydrogen-bond acceptors (Lipinski definition) is 4. The molecule has 1 aliphatic rings. The Kier molecular flexibility index (Phi) is 1.65. The topological polar surface area (TPSA) is 88.8 Å². The van der Waals surface area contributed by atoms with Crippen molar-refractivity contribution in [3.63, 3.8) is 0 Å². The van der Waals surface area contributed by atoms with Gasteiger partial charge in [0.05, 0.1) is 5.56 Å². The Hall–Kier alpha value is -1.65. The van der Waals surface area contributed by atoms with Crippen molar-refractivity contribution in [2.45, 2.75) is 12.8 Å². The fourth-order valence-corrected chi connectivity index (χ4v) is 1.17. The van der Waals surface area contributed by atoms with Crippen LogP contribution in [0, 0.1) is 5.92 Å². The predicted molar refractivity (Wildman–Crippen MR) is 46.3 cm³/mol. The molecule has 1 aromatic heterocycles. The predicted octanol–water partition coefficient (Wildman–Crippen LogP) is -0.0552. The van der Waals surface area contributed by atoms with Crippen LogP contribution in [0.1, 0.15) is 23.2 Å². The molecule has 5 heteroatoms. The molecule has 0 radical (unpaired) electrons. The zero-order valence-corrected chi connectivity index (χ0v) is 6.91. The largest absolute Gasteiger partial charge is 0.384 e. The number of rotatable bonds is 2. The number of aromatic amines is 1. The van der Waals surface area contributed by atoms with Gasteiger partial charge < -0.3 is 5.73 Å². The first-order valence-electron chi connectivity index (χ1n) is 4.07. The first-order valence-corrected chi connectivity index (χ1v) is 4.07. The number of nitrogens with two attached hydrogens (primary N) is 1. The van der Waals surface area contributed by atoms with E-state index in [9.17, 15) is 9.59 Å². The molecule has 0 aliphatic heterocycles. The highest BCUT2D eigenvalue weighted by Crippen LogP contribution is 2.33. The van der Waals surface area contributed by atoms with Crippen LogP contribution in [0.25, 0.3) is 0 Å². The second-order valence-corrected chi connectivity index (χ2v) is 3.15. The number of nitrogens with zero attached hydrogens (tertiary/aromatic N) is 1. The zero-order chi connectivity index (χ0) is 9.42. The lowest BCUT2D eigenvalue weighted by molar-refractivity contribution is 0.0968. The van der Waals surface area contributed by atoms with Gasteiger partial charge in [-0.1, -0.05) is 0 Å². The number of aromatic nitrogens is 2. The van der Waals surface area contributed by atoms with E-state index in [4.69, 9.17) is 5.73 Å². The number of carbonyl (C=O) groups excluding carboxylic acids is 1. The Morgan fingerprint density at radius 1 is 1.62 bits per heavy atom. The number of nitrogen functional groups attached to an aromatic ring is 1. The molecule has 5 nitrogen and oxygen atoms in total. The summed E-state index contributed by atoms with van der Waals surface area (Å²) in [5, 5.41) is 0. The highest BCUT2D eigenvalue weighted by Gasteiger charge is 2.31. The van der Waals surface area contributed by atoms with E-state index < -0.39 is 5.69 Å². The van der Waals surface area contributed by atoms with E-state index >= 15 is 0 Å². The van der Waals surface area contributed by atoms with Crippen LogP contribution in [-0.4, -0.2) is 15.8 Å². The van der Waals surface area contributed by atoms with E-state index in [2.05, 4.69) is 9.97 Å². The molecule has 1 fully saturated rings. The number of nitrogens with one attached hydrogen (secondary N) is 1. The summed E-state index contributed by atoms with van der Waals surface area (Å²) in [5.41, 5.74) is 5.28. The maximum atomic E-state index is 11.5. The van der Waals surface area contributed by atoms with E-state index in [1.165, 1.54) is 6.20 Å². The van der Waals surface area contributed by atoms with Gasteiger partial charge in [0, 0.05) is 12.1 Å². The molecule has 0 bridgehead atoms. The lowest BCUT2D eigenvalue weighted by atomic mass is 10.1. The van der Waals surface area contributed by atoms with Gasteiger partial charge in [-0.05, 0) is 12.8 Å². The molecule has 1 saturated carbocycles.